The molecule has 8 nitrogen and oxygen atoms in total. The van der Waals surface area contributed by atoms with Gasteiger partial charge in [0.1, 0.15) is 17.0 Å². The number of nitrogens with one attached hydrogen (secondary N) is 1. The molecule has 0 aliphatic rings. The normalized spacial score (nSPS) is 11.6. The Hall–Kier alpha value is -3.42. The lowest BCUT2D eigenvalue weighted by Gasteiger charge is -2.08. The summed E-state index contributed by atoms with van der Waals surface area (Å²) in [6.07, 6.45) is 5.36. The van der Waals surface area contributed by atoms with Gasteiger partial charge in [-0.3, -0.25) is 4.79 Å². The summed E-state index contributed by atoms with van der Waals surface area (Å²) in [4.78, 5) is 21.1. The van der Waals surface area contributed by atoms with Crippen molar-refractivity contribution in [2.24, 2.45) is 5.73 Å². The number of fused-ring (bicyclic) bond motifs is 2. The van der Waals surface area contributed by atoms with Crippen LogP contribution in [0.1, 0.15) is 35.8 Å². The number of aromatic nitrogens is 5. The van der Waals surface area contributed by atoms with E-state index in [1.54, 1.807) is 11.6 Å². The van der Waals surface area contributed by atoms with Crippen LogP contribution in [0.3, 0.4) is 0 Å². The van der Waals surface area contributed by atoms with Gasteiger partial charge in [-0.2, -0.15) is 9.61 Å². The fourth-order valence-electron chi connectivity index (χ4n) is 3.29. The highest BCUT2D eigenvalue weighted by atomic mass is 16.1. The Balaban J connectivity index is 2.06. The van der Waals surface area contributed by atoms with Gasteiger partial charge in [0.25, 0.3) is 5.91 Å². The standard InChI is InChI=1S/C19H21N7O/c1-10(2)25-9-14(12-5-11(3)7-22-18(12)25)15-6-16(21-4)26-19(24-15)13(8-23-26)17(20)27/h5-10,21H,1-4H3,(H2,20,27). The van der Waals surface area contributed by atoms with Crippen molar-refractivity contribution in [3.63, 3.8) is 0 Å². The van der Waals surface area contributed by atoms with E-state index in [0.717, 1.165) is 27.9 Å². The number of pyridine rings is 1. The molecule has 0 atom stereocenters. The minimum atomic E-state index is -0.557. The van der Waals surface area contributed by atoms with Crippen molar-refractivity contribution in [2.45, 2.75) is 26.8 Å². The van der Waals surface area contributed by atoms with E-state index in [2.05, 4.69) is 46.1 Å². The number of nitrogens with two attached hydrogens (primary N) is 1. The molecule has 27 heavy (non-hydrogen) atoms. The zero-order valence-electron chi connectivity index (χ0n) is 15.7. The second-order valence-electron chi connectivity index (χ2n) is 6.86. The Bertz CT molecular complexity index is 1190. The Morgan fingerprint density at radius 3 is 2.67 bits per heavy atom. The van der Waals surface area contributed by atoms with Crippen LogP contribution in [0.2, 0.25) is 0 Å². The van der Waals surface area contributed by atoms with E-state index in [1.165, 1.54) is 6.20 Å². The molecule has 1 amide bonds. The van der Waals surface area contributed by atoms with Crippen LogP contribution in [-0.2, 0) is 0 Å². The molecule has 0 saturated carbocycles. The molecule has 0 spiro atoms. The maximum atomic E-state index is 11.8. The molecular formula is C19H21N7O. The van der Waals surface area contributed by atoms with Gasteiger partial charge in [-0.15, -0.1) is 0 Å². The highest BCUT2D eigenvalue weighted by molar-refractivity contribution is 6.00. The molecule has 0 aromatic carbocycles. The summed E-state index contributed by atoms with van der Waals surface area (Å²) in [7, 11) is 1.80. The van der Waals surface area contributed by atoms with Crippen LogP contribution in [0.5, 0.6) is 0 Å². The molecule has 8 heteroatoms. The van der Waals surface area contributed by atoms with E-state index in [4.69, 9.17) is 10.7 Å². The fraction of sp³-hybridized carbons (Fsp3) is 0.263. The molecule has 0 bridgehead atoms. The molecule has 4 aromatic rings. The summed E-state index contributed by atoms with van der Waals surface area (Å²) in [6, 6.07) is 4.26. The van der Waals surface area contributed by atoms with E-state index in [0.29, 0.717) is 11.5 Å². The second kappa shape index (κ2) is 6.08. The first kappa shape index (κ1) is 17.0. The van der Waals surface area contributed by atoms with Crippen LogP contribution >= 0.6 is 0 Å². The van der Waals surface area contributed by atoms with Crippen molar-refractivity contribution in [3.05, 3.63) is 41.9 Å². The monoisotopic (exact) mass is 363 g/mol. The maximum absolute atomic E-state index is 11.8. The lowest BCUT2D eigenvalue weighted by atomic mass is 10.1. The minimum absolute atomic E-state index is 0.250. The number of rotatable bonds is 4. The molecule has 3 N–H and O–H groups in total. The van der Waals surface area contributed by atoms with Gasteiger partial charge in [0, 0.05) is 42.5 Å². The molecule has 0 unspecified atom stereocenters. The molecule has 0 aliphatic carbocycles. The van der Waals surface area contributed by atoms with Crippen LogP contribution < -0.4 is 11.1 Å². The van der Waals surface area contributed by atoms with Crippen molar-refractivity contribution in [3.8, 4) is 11.3 Å². The highest BCUT2D eigenvalue weighted by Crippen LogP contribution is 2.33. The van der Waals surface area contributed by atoms with Crippen molar-refractivity contribution < 1.29 is 4.79 Å². The zero-order valence-corrected chi connectivity index (χ0v) is 15.7. The third kappa shape index (κ3) is 2.61. The predicted molar refractivity (Wildman–Crippen MR) is 105 cm³/mol. The van der Waals surface area contributed by atoms with Crippen LogP contribution in [0.25, 0.3) is 27.9 Å². The summed E-state index contributed by atoms with van der Waals surface area (Å²) >= 11 is 0. The zero-order chi connectivity index (χ0) is 19.3. The number of amides is 1. The van der Waals surface area contributed by atoms with E-state index < -0.39 is 5.91 Å². The molecule has 0 saturated heterocycles. The first-order valence-corrected chi connectivity index (χ1v) is 8.74. The average Bonchev–Trinajstić information content (AvgIpc) is 3.21. The number of carbonyl (C=O) groups is 1. The van der Waals surface area contributed by atoms with E-state index >= 15 is 0 Å². The Kier molecular flexibility index (Phi) is 3.83. The van der Waals surface area contributed by atoms with Crippen molar-refractivity contribution in [2.75, 3.05) is 12.4 Å². The maximum Gasteiger partial charge on any atom is 0.254 e. The molecule has 0 radical (unpaired) electrons. The minimum Gasteiger partial charge on any atom is -0.373 e. The molecule has 4 heterocycles. The van der Waals surface area contributed by atoms with Crippen LogP contribution in [0.15, 0.2) is 30.7 Å². The number of nitrogens with zero attached hydrogens (tertiary/aromatic N) is 5. The molecular weight excluding hydrogens is 342 g/mol. The lowest BCUT2D eigenvalue weighted by Crippen LogP contribution is -2.11. The summed E-state index contributed by atoms with van der Waals surface area (Å²) in [5.41, 5.74) is 9.86. The van der Waals surface area contributed by atoms with Crippen LogP contribution in [0, 0.1) is 6.92 Å². The van der Waals surface area contributed by atoms with Crippen LogP contribution in [0.4, 0.5) is 5.82 Å². The molecule has 0 aliphatic heterocycles. The summed E-state index contributed by atoms with van der Waals surface area (Å²) in [5, 5.41) is 8.35. The highest BCUT2D eigenvalue weighted by Gasteiger charge is 2.19. The quantitative estimate of drug-likeness (QED) is 0.580. The lowest BCUT2D eigenvalue weighted by molar-refractivity contribution is 0.100. The molecule has 138 valence electrons. The summed E-state index contributed by atoms with van der Waals surface area (Å²) in [6.45, 7) is 6.24. The van der Waals surface area contributed by atoms with Gasteiger partial charge in [-0.25, -0.2) is 9.97 Å². The predicted octanol–water partition coefficient (Wildman–Crippen LogP) is 2.78. The molecule has 4 rings (SSSR count). The van der Waals surface area contributed by atoms with Gasteiger partial charge in [0.15, 0.2) is 5.65 Å². The van der Waals surface area contributed by atoms with Crippen molar-refractivity contribution >= 4 is 28.4 Å². The van der Waals surface area contributed by atoms with E-state index in [9.17, 15) is 4.79 Å². The van der Waals surface area contributed by atoms with Gasteiger partial charge < -0.3 is 15.6 Å². The van der Waals surface area contributed by atoms with Gasteiger partial charge in [0.05, 0.1) is 11.9 Å². The first-order valence-electron chi connectivity index (χ1n) is 8.74. The van der Waals surface area contributed by atoms with Crippen LogP contribution in [-0.4, -0.2) is 37.1 Å². The van der Waals surface area contributed by atoms with Gasteiger partial charge in [-0.05, 0) is 32.4 Å². The largest absolute Gasteiger partial charge is 0.373 e. The number of carbonyl (C=O) groups excluding carboxylic acids is 1. The average molecular weight is 363 g/mol. The van der Waals surface area contributed by atoms with Gasteiger partial charge >= 0.3 is 0 Å². The van der Waals surface area contributed by atoms with E-state index in [-0.39, 0.29) is 11.6 Å². The smallest absolute Gasteiger partial charge is 0.254 e. The Morgan fingerprint density at radius 1 is 1.22 bits per heavy atom. The molecule has 4 aromatic heterocycles. The third-order valence-electron chi connectivity index (χ3n) is 4.63. The number of anilines is 1. The fourth-order valence-corrected chi connectivity index (χ4v) is 3.29. The Morgan fingerprint density at radius 2 is 2.00 bits per heavy atom. The second-order valence-corrected chi connectivity index (χ2v) is 6.86. The number of hydrogen-bond acceptors (Lipinski definition) is 5. The Labute approximate surface area is 156 Å². The van der Waals surface area contributed by atoms with E-state index in [1.807, 2.05) is 19.2 Å². The van der Waals surface area contributed by atoms with Crippen molar-refractivity contribution in [1.82, 2.24) is 24.1 Å². The SMILES string of the molecule is CNc1cc(-c2cn(C(C)C)c3ncc(C)cc23)nc2c(C(N)=O)cnn12. The topological polar surface area (TPSA) is 103 Å². The summed E-state index contributed by atoms with van der Waals surface area (Å²) < 4.78 is 3.70. The third-order valence-corrected chi connectivity index (χ3v) is 4.63. The number of hydrogen-bond donors (Lipinski definition) is 2. The molecule has 0 fully saturated rings. The number of aryl methyl sites for hydroxylation is 1. The first-order chi connectivity index (χ1) is 12.9. The summed E-state index contributed by atoms with van der Waals surface area (Å²) in [5.74, 6) is 0.160. The number of primary amides is 1. The van der Waals surface area contributed by atoms with Gasteiger partial charge in [-0.1, -0.05) is 0 Å². The van der Waals surface area contributed by atoms with Gasteiger partial charge in [0.2, 0.25) is 0 Å². The van der Waals surface area contributed by atoms with Crippen molar-refractivity contribution in [1.29, 1.82) is 0 Å².